The van der Waals surface area contributed by atoms with Crippen LogP contribution in [0.5, 0.6) is 23.0 Å². The molecule has 1 N–H and O–H groups in total. The molecule has 262 valence electrons. The number of allylic oxidation sites excluding steroid dienone is 5. The fourth-order valence-corrected chi connectivity index (χ4v) is 6.16. The van der Waals surface area contributed by atoms with Crippen molar-refractivity contribution in [1.29, 1.82) is 0 Å². The van der Waals surface area contributed by atoms with Gasteiger partial charge in [0.25, 0.3) is 0 Å². The van der Waals surface area contributed by atoms with Crippen molar-refractivity contribution >= 4 is 5.97 Å². The summed E-state index contributed by atoms with van der Waals surface area (Å²) in [6.07, 6.45) is 15.2. The van der Waals surface area contributed by atoms with Gasteiger partial charge in [-0.1, -0.05) is 35.4 Å². The number of fused-ring (bicyclic) bond motifs is 1. The number of aryl methyl sites for hydroxylation is 2. The molecule has 2 aromatic rings. The molecule has 2 aliphatic rings. The van der Waals surface area contributed by atoms with E-state index < -0.39 is 12.3 Å². The second-order valence-electron chi connectivity index (χ2n) is 13.3. The first-order valence-corrected chi connectivity index (χ1v) is 17.2. The molecule has 0 amide bonds. The molecule has 2 heterocycles. The number of carbonyl (C=O) groups is 1. The number of ether oxygens (including phenoxy) is 6. The van der Waals surface area contributed by atoms with E-state index >= 15 is 0 Å². The molecule has 8 nitrogen and oxygen atoms in total. The van der Waals surface area contributed by atoms with Crippen LogP contribution in [-0.2, 0) is 20.7 Å². The summed E-state index contributed by atoms with van der Waals surface area (Å²) in [4.78, 5) is 10.7. The minimum absolute atomic E-state index is 0.118. The minimum atomic E-state index is -0.796. The van der Waals surface area contributed by atoms with Gasteiger partial charge in [0.05, 0.1) is 34.0 Å². The number of methoxy groups -OCH3 is 2. The topological polar surface area (TPSA) is 92.7 Å². The lowest BCUT2D eigenvalue weighted by Crippen LogP contribution is -2.36. The third-order valence-corrected chi connectivity index (χ3v) is 9.09. The van der Waals surface area contributed by atoms with Crippen molar-refractivity contribution < 1.29 is 38.3 Å². The highest BCUT2D eigenvalue weighted by atomic mass is 16.7. The van der Waals surface area contributed by atoms with Crippen molar-refractivity contribution in [2.24, 2.45) is 0 Å². The summed E-state index contributed by atoms with van der Waals surface area (Å²) in [7, 11) is 3.25. The lowest BCUT2D eigenvalue weighted by molar-refractivity contribution is -0.161. The quantitative estimate of drug-likeness (QED) is 0.132. The van der Waals surface area contributed by atoms with Crippen LogP contribution in [0.1, 0.15) is 102 Å². The Morgan fingerprint density at radius 3 is 2.38 bits per heavy atom. The van der Waals surface area contributed by atoms with E-state index in [0.29, 0.717) is 37.7 Å². The van der Waals surface area contributed by atoms with Crippen LogP contribution in [0.2, 0.25) is 0 Å². The number of carboxylic acids is 1. The number of aliphatic carboxylic acids is 1. The zero-order valence-corrected chi connectivity index (χ0v) is 29.7. The summed E-state index contributed by atoms with van der Waals surface area (Å²) in [6.45, 7) is 10.3. The van der Waals surface area contributed by atoms with E-state index in [4.69, 9.17) is 33.5 Å². The van der Waals surface area contributed by atoms with Gasteiger partial charge in [-0.05, 0) is 126 Å². The molecule has 0 spiro atoms. The monoisotopic (exact) mass is 662 g/mol. The summed E-state index contributed by atoms with van der Waals surface area (Å²) >= 11 is 0. The van der Waals surface area contributed by atoms with Gasteiger partial charge in [0.1, 0.15) is 17.1 Å². The van der Waals surface area contributed by atoms with Crippen molar-refractivity contribution in [2.75, 3.05) is 34.0 Å². The van der Waals surface area contributed by atoms with Crippen molar-refractivity contribution in [3.8, 4) is 23.0 Å². The van der Waals surface area contributed by atoms with E-state index in [1.165, 1.54) is 22.3 Å². The Morgan fingerprint density at radius 2 is 1.67 bits per heavy atom. The van der Waals surface area contributed by atoms with Crippen molar-refractivity contribution in [2.45, 2.75) is 104 Å². The molecule has 0 bridgehead atoms. The van der Waals surface area contributed by atoms with E-state index in [2.05, 4.69) is 52.0 Å². The molecular formula is C40H54O8. The molecule has 0 aliphatic carbocycles. The fraction of sp³-hybridized carbons (Fsp3) is 0.525. The first-order valence-electron chi connectivity index (χ1n) is 17.2. The highest BCUT2D eigenvalue weighted by molar-refractivity contribution is 5.66. The maximum Gasteiger partial charge on any atom is 0.303 e. The lowest BCUT2D eigenvalue weighted by Gasteiger charge is -2.37. The first-order chi connectivity index (χ1) is 23.1. The van der Waals surface area contributed by atoms with Gasteiger partial charge in [0.2, 0.25) is 0 Å². The maximum absolute atomic E-state index is 10.7. The van der Waals surface area contributed by atoms with Crippen LogP contribution in [0.3, 0.4) is 0 Å². The summed E-state index contributed by atoms with van der Waals surface area (Å²) < 4.78 is 35.1. The number of hydrogen-bond donors (Lipinski definition) is 1. The van der Waals surface area contributed by atoms with Crippen LogP contribution in [-0.4, -0.2) is 50.7 Å². The number of benzene rings is 2. The van der Waals surface area contributed by atoms with Crippen LogP contribution in [0, 0.1) is 6.92 Å². The van der Waals surface area contributed by atoms with Crippen LogP contribution >= 0.6 is 0 Å². The Kier molecular flexibility index (Phi) is 14.0. The maximum atomic E-state index is 10.7. The molecule has 0 aromatic heterocycles. The number of rotatable bonds is 17. The molecule has 2 aromatic carbocycles. The predicted octanol–water partition coefficient (Wildman–Crippen LogP) is 9.24. The lowest BCUT2D eigenvalue weighted by atomic mass is 9.87. The third kappa shape index (κ3) is 11.2. The molecule has 1 fully saturated rings. The fourth-order valence-electron chi connectivity index (χ4n) is 6.16. The zero-order chi connectivity index (χ0) is 34.5. The van der Waals surface area contributed by atoms with E-state index in [9.17, 15) is 4.79 Å². The zero-order valence-electron chi connectivity index (χ0n) is 29.7. The molecule has 0 radical (unpaired) electrons. The number of carboxylic acid groups (broad SMARTS) is 1. The van der Waals surface area contributed by atoms with E-state index in [0.717, 1.165) is 74.0 Å². The van der Waals surface area contributed by atoms with Gasteiger partial charge in [-0.2, -0.15) is 0 Å². The summed E-state index contributed by atoms with van der Waals surface area (Å²) in [6, 6.07) is 9.77. The van der Waals surface area contributed by atoms with Crippen molar-refractivity contribution in [3.63, 3.8) is 0 Å². The van der Waals surface area contributed by atoms with Gasteiger partial charge >= 0.3 is 5.97 Å². The predicted molar refractivity (Wildman–Crippen MR) is 188 cm³/mol. The molecule has 4 rings (SSSR count). The third-order valence-electron chi connectivity index (χ3n) is 9.09. The largest absolute Gasteiger partial charge is 0.494 e. The molecule has 0 unspecified atom stereocenters. The smallest absolute Gasteiger partial charge is 0.303 e. The highest BCUT2D eigenvalue weighted by Gasteiger charge is 2.32. The highest BCUT2D eigenvalue weighted by Crippen LogP contribution is 2.40. The Balaban J connectivity index is 1.14. The molecular weight excluding hydrogens is 608 g/mol. The molecule has 1 atom stereocenters. The Bertz CT molecular complexity index is 1460. The van der Waals surface area contributed by atoms with E-state index in [1.807, 2.05) is 24.3 Å². The minimum Gasteiger partial charge on any atom is -0.494 e. The molecule has 48 heavy (non-hydrogen) atoms. The summed E-state index contributed by atoms with van der Waals surface area (Å²) in [5.41, 5.74) is 6.97. The summed E-state index contributed by atoms with van der Waals surface area (Å²) in [5.74, 6) is 2.32. The van der Waals surface area contributed by atoms with Gasteiger partial charge in [-0.15, -0.1) is 0 Å². The molecule has 0 saturated carbocycles. The average molecular weight is 663 g/mol. The van der Waals surface area contributed by atoms with E-state index in [-0.39, 0.29) is 12.0 Å². The van der Waals surface area contributed by atoms with Crippen molar-refractivity contribution in [3.05, 3.63) is 82.0 Å². The van der Waals surface area contributed by atoms with Gasteiger partial charge in [0, 0.05) is 12.0 Å². The van der Waals surface area contributed by atoms with Crippen LogP contribution in [0.25, 0.3) is 0 Å². The first kappa shape index (κ1) is 37.1. The number of hydrogen-bond acceptors (Lipinski definition) is 7. The van der Waals surface area contributed by atoms with Crippen LogP contribution < -0.4 is 18.9 Å². The second-order valence-corrected chi connectivity index (χ2v) is 13.3. The SMILES string of the molecule is COc1ccc(C2OCC(=CCC/C(C)=C/CC/C(C)=C/CC[C@]3(C)CCc4cc(OCCCC(=O)O)cc(C)c4O3)CO2)cc1OC. The van der Waals surface area contributed by atoms with Crippen LogP contribution in [0.15, 0.2) is 65.3 Å². The van der Waals surface area contributed by atoms with Gasteiger partial charge in [-0.25, -0.2) is 0 Å². The van der Waals surface area contributed by atoms with Crippen LogP contribution in [0.4, 0.5) is 0 Å². The summed E-state index contributed by atoms with van der Waals surface area (Å²) in [5, 5.41) is 8.83. The van der Waals surface area contributed by atoms with Gasteiger partial charge in [-0.3, -0.25) is 4.79 Å². The standard InChI is InChI=1S/C40H54O8/c1-28(13-8-15-31-26-46-39(47-27-31)33-17-18-35(43-5)36(25-33)44-6)11-7-12-29(2)14-9-20-40(4)21-19-32-24-34(23-30(3)38(32)48-40)45-22-10-16-37(41)42/h11,14-15,17-18,23-25,39H,7-10,12-13,16,19-22,26-27H2,1-6H3,(H,41,42)/b28-11+,29-14+,31-15?/t39?,40-/m1/s1. The molecule has 2 aliphatic heterocycles. The molecule has 8 heteroatoms. The molecule has 1 saturated heterocycles. The average Bonchev–Trinajstić information content (AvgIpc) is 3.07. The Morgan fingerprint density at radius 1 is 0.958 bits per heavy atom. The van der Waals surface area contributed by atoms with Gasteiger partial charge < -0.3 is 33.5 Å². The second kappa shape index (κ2) is 18.1. The Labute approximate surface area is 286 Å². The van der Waals surface area contributed by atoms with Gasteiger partial charge in [0.15, 0.2) is 17.8 Å². The normalized spacial score (nSPS) is 19.7. The Hall–Kier alpha value is -3.75. The van der Waals surface area contributed by atoms with Crippen molar-refractivity contribution in [1.82, 2.24) is 0 Å². The van der Waals surface area contributed by atoms with E-state index in [1.54, 1.807) is 14.2 Å².